The van der Waals surface area contributed by atoms with Crippen LogP contribution in [0, 0.1) is 0 Å². The Morgan fingerprint density at radius 3 is 2.61 bits per heavy atom. The van der Waals surface area contributed by atoms with E-state index in [1.165, 1.54) is 22.8 Å². The molecule has 0 aromatic carbocycles. The minimum absolute atomic E-state index is 0.0358. The molecule has 0 spiro atoms. The Morgan fingerprint density at radius 2 is 2.06 bits per heavy atom. The SMILES string of the molecule is CC(C)NCc1cc(S(=O)(=O)NCC(F)F)cs1. The van der Waals surface area contributed by atoms with Crippen molar-refractivity contribution in [3.05, 3.63) is 16.3 Å². The fourth-order valence-electron chi connectivity index (χ4n) is 1.15. The van der Waals surface area contributed by atoms with Gasteiger partial charge in [-0.05, 0) is 6.07 Å². The molecule has 0 aliphatic rings. The van der Waals surface area contributed by atoms with Gasteiger partial charge in [-0.15, -0.1) is 11.3 Å². The van der Waals surface area contributed by atoms with Crippen LogP contribution in [-0.2, 0) is 16.6 Å². The number of nitrogens with one attached hydrogen (secondary N) is 2. The van der Waals surface area contributed by atoms with Crippen molar-refractivity contribution in [2.75, 3.05) is 6.54 Å². The van der Waals surface area contributed by atoms with Gasteiger partial charge in [-0.1, -0.05) is 13.8 Å². The Labute approximate surface area is 109 Å². The maximum Gasteiger partial charge on any atom is 0.251 e. The number of hydrogen-bond donors (Lipinski definition) is 2. The number of rotatable bonds is 7. The fraction of sp³-hybridized carbons (Fsp3) is 0.600. The fourth-order valence-corrected chi connectivity index (χ4v) is 3.39. The van der Waals surface area contributed by atoms with Gasteiger partial charge in [0.1, 0.15) is 0 Å². The molecule has 4 nitrogen and oxygen atoms in total. The molecule has 2 N–H and O–H groups in total. The molecule has 1 rings (SSSR count). The van der Waals surface area contributed by atoms with Gasteiger partial charge >= 0.3 is 0 Å². The first kappa shape index (κ1) is 15.5. The molecule has 0 amide bonds. The smallest absolute Gasteiger partial charge is 0.251 e. The molecule has 18 heavy (non-hydrogen) atoms. The number of hydrogen-bond acceptors (Lipinski definition) is 4. The maximum atomic E-state index is 12.0. The monoisotopic (exact) mass is 298 g/mol. The third kappa shape index (κ3) is 4.97. The first-order valence-corrected chi connectivity index (χ1v) is 7.76. The summed E-state index contributed by atoms with van der Waals surface area (Å²) in [5.74, 6) is 0. The standard InChI is InChI=1S/C10H16F2N2O2S2/c1-7(2)13-4-8-3-9(6-17-8)18(15,16)14-5-10(11)12/h3,6-7,10,13-14H,4-5H2,1-2H3. The van der Waals surface area contributed by atoms with E-state index in [-0.39, 0.29) is 4.90 Å². The highest BCUT2D eigenvalue weighted by Crippen LogP contribution is 2.19. The first-order chi connectivity index (χ1) is 8.31. The van der Waals surface area contributed by atoms with Crippen LogP contribution in [0.3, 0.4) is 0 Å². The van der Waals surface area contributed by atoms with Crippen molar-refractivity contribution in [1.82, 2.24) is 10.0 Å². The van der Waals surface area contributed by atoms with Crippen molar-refractivity contribution in [2.24, 2.45) is 0 Å². The van der Waals surface area contributed by atoms with E-state index >= 15 is 0 Å². The van der Waals surface area contributed by atoms with E-state index in [0.29, 0.717) is 12.6 Å². The zero-order chi connectivity index (χ0) is 13.8. The molecular formula is C10H16F2N2O2S2. The van der Waals surface area contributed by atoms with Crippen LogP contribution in [0.1, 0.15) is 18.7 Å². The summed E-state index contributed by atoms with van der Waals surface area (Å²) >= 11 is 1.28. The molecule has 1 aromatic rings. The van der Waals surface area contributed by atoms with Gasteiger partial charge in [0.2, 0.25) is 10.0 Å². The highest BCUT2D eigenvalue weighted by atomic mass is 32.2. The van der Waals surface area contributed by atoms with E-state index in [2.05, 4.69) is 5.32 Å². The zero-order valence-electron chi connectivity index (χ0n) is 10.1. The molecule has 0 aliphatic heterocycles. The molecular weight excluding hydrogens is 282 g/mol. The van der Waals surface area contributed by atoms with Crippen LogP contribution >= 0.6 is 11.3 Å². The van der Waals surface area contributed by atoms with Crippen LogP contribution in [0.25, 0.3) is 0 Å². The average molecular weight is 298 g/mol. The largest absolute Gasteiger partial charge is 0.310 e. The second-order valence-corrected chi connectivity index (χ2v) is 6.79. The molecule has 1 aromatic heterocycles. The molecule has 0 radical (unpaired) electrons. The van der Waals surface area contributed by atoms with Gasteiger partial charge in [0.15, 0.2) is 0 Å². The summed E-state index contributed by atoms with van der Waals surface area (Å²) in [6.07, 6.45) is -2.69. The van der Waals surface area contributed by atoms with E-state index in [1.807, 2.05) is 18.6 Å². The van der Waals surface area contributed by atoms with Gasteiger partial charge in [0, 0.05) is 22.8 Å². The van der Waals surface area contributed by atoms with E-state index in [0.717, 1.165) is 4.88 Å². The molecule has 0 saturated carbocycles. The van der Waals surface area contributed by atoms with Crippen molar-refractivity contribution >= 4 is 21.4 Å². The summed E-state index contributed by atoms with van der Waals surface area (Å²) < 4.78 is 49.0. The van der Waals surface area contributed by atoms with E-state index < -0.39 is 23.0 Å². The van der Waals surface area contributed by atoms with Crippen molar-refractivity contribution in [3.8, 4) is 0 Å². The molecule has 0 aliphatic carbocycles. The van der Waals surface area contributed by atoms with Crippen LogP contribution in [0.2, 0.25) is 0 Å². The Morgan fingerprint density at radius 1 is 1.39 bits per heavy atom. The van der Waals surface area contributed by atoms with E-state index in [4.69, 9.17) is 0 Å². The Hall–Kier alpha value is -0.570. The molecule has 0 unspecified atom stereocenters. The van der Waals surface area contributed by atoms with Crippen molar-refractivity contribution in [2.45, 2.75) is 37.8 Å². The highest BCUT2D eigenvalue weighted by Gasteiger charge is 2.17. The third-order valence-corrected chi connectivity index (χ3v) is 4.54. The molecule has 0 atom stereocenters. The van der Waals surface area contributed by atoms with Gasteiger partial charge in [-0.25, -0.2) is 21.9 Å². The Bertz CT molecular complexity index is 472. The summed E-state index contributed by atoms with van der Waals surface area (Å²) in [4.78, 5) is 0.884. The van der Waals surface area contributed by atoms with Crippen LogP contribution in [0.4, 0.5) is 8.78 Å². The molecule has 0 fully saturated rings. The topological polar surface area (TPSA) is 58.2 Å². The average Bonchev–Trinajstić information content (AvgIpc) is 2.73. The summed E-state index contributed by atoms with van der Waals surface area (Å²) in [7, 11) is -3.82. The van der Waals surface area contributed by atoms with Crippen LogP contribution in [0.5, 0.6) is 0 Å². The van der Waals surface area contributed by atoms with Gasteiger partial charge in [0.05, 0.1) is 11.4 Å². The van der Waals surface area contributed by atoms with Gasteiger partial charge in [-0.2, -0.15) is 0 Å². The van der Waals surface area contributed by atoms with E-state index in [1.54, 1.807) is 0 Å². The zero-order valence-corrected chi connectivity index (χ0v) is 11.7. The lowest BCUT2D eigenvalue weighted by molar-refractivity contribution is 0.153. The summed E-state index contributed by atoms with van der Waals surface area (Å²) in [5, 5.41) is 4.60. The number of sulfonamides is 1. The lowest BCUT2D eigenvalue weighted by atomic mass is 10.4. The molecule has 0 saturated heterocycles. The summed E-state index contributed by atoms with van der Waals surface area (Å²) in [6, 6.07) is 1.79. The van der Waals surface area contributed by atoms with Crippen LogP contribution in [-0.4, -0.2) is 27.4 Å². The first-order valence-electron chi connectivity index (χ1n) is 5.40. The van der Waals surface area contributed by atoms with Crippen molar-refractivity contribution < 1.29 is 17.2 Å². The lowest BCUT2D eigenvalue weighted by Crippen LogP contribution is -2.28. The number of thiophene rings is 1. The lowest BCUT2D eigenvalue weighted by Gasteiger charge is -2.05. The molecule has 104 valence electrons. The van der Waals surface area contributed by atoms with Crippen molar-refractivity contribution in [3.63, 3.8) is 0 Å². The van der Waals surface area contributed by atoms with Gasteiger partial charge < -0.3 is 5.32 Å². The minimum atomic E-state index is -3.82. The van der Waals surface area contributed by atoms with Crippen molar-refractivity contribution in [1.29, 1.82) is 0 Å². The number of alkyl halides is 2. The normalized spacial score (nSPS) is 12.6. The molecule has 0 bridgehead atoms. The second-order valence-electron chi connectivity index (χ2n) is 4.03. The summed E-state index contributed by atoms with van der Waals surface area (Å²) in [5.41, 5.74) is 0. The summed E-state index contributed by atoms with van der Waals surface area (Å²) in [6.45, 7) is 3.66. The maximum absolute atomic E-state index is 12.0. The Balaban J connectivity index is 2.66. The predicted molar refractivity (Wildman–Crippen MR) is 67.5 cm³/mol. The quantitative estimate of drug-likeness (QED) is 0.807. The third-order valence-electron chi connectivity index (χ3n) is 2.05. The van der Waals surface area contributed by atoms with Crippen LogP contribution in [0.15, 0.2) is 16.3 Å². The molecule has 8 heteroatoms. The van der Waals surface area contributed by atoms with Crippen LogP contribution < -0.4 is 10.0 Å². The van der Waals surface area contributed by atoms with Gasteiger partial charge in [0.25, 0.3) is 6.43 Å². The van der Waals surface area contributed by atoms with E-state index in [9.17, 15) is 17.2 Å². The molecule has 1 heterocycles. The Kier molecular flexibility index (Phi) is 5.64. The number of halogens is 2. The highest BCUT2D eigenvalue weighted by molar-refractivity contribution is 7.89. The second kappa shape index (κ2) is 6.55. The predicted octanol–water partition coefficient (Wildman–Crippen LogP) is 1.79. The minimum Gasteiger partial charge on any atom is -0.310 e. The van der Waals surface area contributed by atoms with Gasteiger partial charge in [-0.3, -0.25) is 0 Å².